The lowest BCUT2D eigenvalue weighted by atomic mass is 9.86. The first-order chi connectivity index (χ1) is 9.75. The Morgan fingerprint density at radius 1 is 1.10 bits per heavy atom. The molecule has 0 saturated carbocycles. The van der Waals surface area contributed by atoms with Gasteiger partial charge in [-0.25, -0.2) is 4.39 Å². The fourth-order valence-electron chi connectivity index (χ4n) is 2.20. The highest BCUT2D eigenvalue weighted by Gasteiger charge is 2.14. The van der Waals surface area contributed by atoms with E-state index in [4.69, 9.17) is 10.5 Å². The van der Waals surface area contributed by atoms with Gasteiger partial charge in [-0.1, -0.05) is 32.9 Å². The summed E-state index contributed by atoms with van der Waals surface area (Å²) < 4.78 is 19.1. The first-order valence-corrected chi connectivity index (χ1v) is 7.04. The maximum Gasteiger partial charge on any atom is 0.125 e. The van der Waals surface area contributed by atoms with E-state index in [0.717, 1.165) is 16.9 Å². The minimum atomic E-state index is -0.339. The van der Waals surface area contributed by atoms with Gasteiger partial charge in [0.1, 0.15) is 18.2 Å². The Kier molecular flexibility index (Phi) is 4.21. The predicted molar refractivity (Wildman–Crippen MR) is 85.0 cm³/mol. The molecule has 0 heterocycles. The number of halogens is 1. The summed E-state index contributed by atoms with van der Waals surface area (Å²) in [5.74, 6) is 0.472. The molecule has 3 heteroatoms. The fraction of sp³-hybridized carbons (Fsp3) is 0.333. The normalized spacial score (nSPS) is 11.5. The first-order valence-electron chi connectivity index (χ1n) is 7.04. The molecule has 0 saturated heterocycles. The molecule has 21 heavy (non-hydrogen) atoms. The van der Waals surface area contributed by atoms with Crippen LogP contribution in [0.5, 0.6) is 5.75 Å². The summed E-state index contributed by atoms with van der Waals surface area (Å²) in [4.78, 5) is 0. The van der Waals surface area contributed by atoms with Crippen molar-refractivity contribution >= 4 is 5.69 Å². The fourth-order valence-corrected chi connectivity index (χ4v) is 2.20. The molecular weight excluding hydrogens is 265 g/mol. The van der Waals surface area contributed by atoms with Gasteiger partial charge >= 0.3 is 0 Å². The van der Waals surface area contributed by atoms with E-state index in [0.29, 0.717) is 12.3 Å². The first kappa shape index (κ1) is 15.4. The number of nitrogens with two attached hydrogens (primary N) is 1. The second-order valence-corrected chi connectivity index (χ2v) is 6.41. The van der Waals surface area contributed by atoms with Crippen LogP contribution < -0.4 is 10.5 Å². The van der Waals surface area contributed by atoms with E-state index in [1.54, 1.807) is 6.07 Å². The number of aryl methyl sites for hydroxylation is 1. The highest BCUT2D eigenvalue weighted by molar-refractivity contribution is 5.42. The van der Waals surface area contributed by atoms with Crippen molar-refractivity contribution in [2.75, 3.05) is 5.73 Å². The average Bonchev–Trinajstić information content (AvgIpc) is 2.35. The maximum absolute atomic E-state index is 13.3. The molecule has 0 atom stereocenters. The van der Waals surface area contributed by atoms with Gasteiger partial charge in [0.25, 0.3) is 0 Å². The summed E-state index contributed by atoms with van der Waals surface area (Å²) in [7, 11) is 0. The molecule has 0 aliphatic rings. The Bertz CT molecular complexity index is 624. The van der Waals surface area contributed by atoms with Gasteiger partial charge in [0, 0.05) is 5.69 Å². The quantitative estimate of drug-likeness (QED) is 0.838. The summed E-state index contributed by atoms with van der Waals surface area (Å²) in [5, 5.41) is 0. The summed E-state index contributed by atoms with van der Waals surface area (Å²) >= 11 is 0. The molecule has 0 aromatic heterocycles. The van der Waals surface area contributed by atoms with Crippen LogP contribution in [0, 0.1) is 12.7 Å². The molecule has 0 spiro atoms. The lowest BCUT2D eigenvalue weighted by Gasteiger charge is -2.20. The molecule has 2 aromatic rings. The van der Waals surface area contributed by atoms with Crippen LogP contribution in [0.15, 0.2) is 36.4 Å². The molecule has 2 rings (SSSR count). The third-order valence-corrected chi connectivity index (χ3v) is 3.42. The monoisotopic (exact) mass is 287 g/mol. The van der Waals surface area contributed by atoms with Crippen molar-refractivity contribution in [3.05, 3.63) is 58.9 Å². The number of ether oxygens (including phenoxy) is 1. The number of hydrogen-bond acceptors (Lipinski definition) is 2. The largest absolute Gasteiger partial charge is 0.489 e. The Morgan fingerprint density at radius 3 is 2.38 bits per heavy atom. The van der Waals surface area contributed by atoms with Crippen LogP contribution in [0.1, 0.15) is 37.5 Å². The zero-order valence-electron chi connectivity index (χ0n) is 13.0. The van der Waals surface area contributed by atoms with Crippen LogP contribution >= 0.6 is 0 Å². The topological polar surface area (TPSA) is 35.2 Å². The van der Waals surface area contributed by atoms with E-state index in [-0.39, 0.29) is 11.2 Å². The molecule has 0 aliphatic carbocycles. The van der Waals surface area contributed by atoms with Crippen LogP contribution in [0.2, 0.25) is 0 Å². The van der Waals surface area contributed by atoms with Crippen molar-refractivity contribution in [1.82, 2.24) is 0 Å². The third-order valence-electron chi connectivity index (χ3n) is 3.42. The number of nitrogen functional groups attached to an aromatic ring is 1. The number of hydrogen-bond donors (Lipinski definition) is 1. The van der Waals surface area contributed by atoms with Crippen molar-refractivity contribution in [3.8, 4) is 5.75 Å². The van der Waals surface area contributed by atoms with Crippen LogP contribution in [0.4, 0.5) is 10.1 Å². The van der Waals surface area contributed by atoms with Crippen molar-refractivity contribution in [1.29, 1.82) is 0 Å². The Hall–Kier alpha value is -2.03. The third kappa shape index (κ3) is 3.97. The average molecular weight is 287 g/mol. The minimum Gasteiger partial charge on any atom is -0.489 e. The molecule has 0 aliphatic heterocycles. The van der Waals surface area contributed by atoms with E-state index in [1.807, 2.05) is 13.0 Å². The van der Waals surface area contributed by atoms with E-state index in [1.165, 1.54) is 17.7 Å². The van der Waals surface area contributed by atoms with Gasteiger partial charge in [-0.3, -0.25) is 0 Å². The van der Waals surface area contributed by atoms with E-state index in [9.17, 15) is 4.39 Å². The van der Waals surface area contributed by atoms with Gasteiger partial charge in [0.15, 0.2) is 0 Å². The molecule has 0 amide bonds. The molecule has 2 aromatic carbocycles. The van der Waals surface area contributed by atoms with Crippen molar-refractivity contribution in [2.45, 2.75) is 39.7 Å². The lowest BCUT2D eigenvalue weighted by Crippen LogP contribution is -2.11. The van der Waals surface area contributed by atoms with Gasteiger partial charge in [0.05, 0.1) is 0 Å². The second-order valence-electron chi connectivity index (χ2n) is 6.41. The van der Waals surface area contributed by atoms with E-state index >= 15 is 0 Å². The summed E-state index contributed by atoms with van der Waals surface area (Å²) in [6.45, 7) is 8.86. The summed E-state index contributed by atoms with van der Waals surface area (Å²) in [6, 6.07) is 10.6. The molecule has 0 unspecified atom stereocenters. The van der Waals surface area contributed by atoms with Crippen molar-refractivity contribution in [2.24, 2.45) is 0 Å². The summed E-state index contributed by atoms with van der Waals surface area (Å²) in [6.07, 6.45) is 0. The van der Waals surface area contributed by atoms with Crippen LogP contribution in [0.3, 0.4) is 0 Å². The molecule has 0 fully saturated rings. The zero-order valence-corrected chi connectivity index (χ0v) is 13.0. The van der Waals surface area contributed by atoms with Gasteiger partial charge in [-0.15, -0.1) is 0 Å². The van der Waals surface area contributed by atoms with E-state index < -0.39 is 0 Å². The minimum absolute atomic E-state index is 0.111. The van der Waals surface area contributed by atoms with Crippen LogP contribution in [-0.4, -0.2) is 0 Å². The van der Waals surface area contributed by atoms with E-state index in [2.05, 4.69) is 32.9 Å². The number of anilines is 1. The standard InChI is InChI=1S/C18H22FNO/c1-12-7-14(18(2,3)4)5-6-17(12)21-11-13-8-15(19)10-16(20)9-13/h5-10H,11,20H2,1-4H3. The SMILES string of the molecule is Cc1cc(C(C)(C)C)ccc1OCc1cc(N)cc(F)c1. The van der Waals surface area contributed by atoms with Crippen molar-refractivity contribution in [3.63, 3.8) is 0 Å². The molecule has 0 radical (unpaired) electrons. The molecule has 112 valence electrons. The van der Waals surface area contributed by atoms with Gasteiger partial charge in [0.2, 0.25) is 0 Å². The molecule has 2 nitrogen and oxygen atoms in total. The highest BCUT2D eigenvalue weighted by atomic mass is 19.1. The van der Waals surface area contributed by atoms with Crippen LogP contribution in [-0.2, 0) is 12.0 Å². The second kappa shape index (κ2) is 5.76. The zero-order chi connectivity index (χ0) is 15.6. The lowest BCUT2D eigenvalue weighted by molar-refractivity contribution is 0.303. The molecule has 2 N–H and O–H groups in total. The Morgan fingerprint density at radius 2 is 1.81 bits per heavy atom. The number of benzene rings is 2. The Balaban J connectivity index is 2.13. The number of rotatable bonds is 3. The van der Waals surface area contributed by atoms with Gasteiger partial charge in [-0.05, 0) is 53.3 Å². The maximum atomic E-state index is 13.3. The molecular formula is C18H22FNO. The Labute approximate surface area is 125 Å². The predicted octanol–water partition coefficient (Wildman–Crippen LogP) is 4.59. The smallest absolute Gasteiger partial charge is 0.125 e. The van der Waals surface area contributed by atoms with Gasteiger partial charge < -0.3 is 10.5 Å². The van der Waals surface area contributed by atoms with Crippen molar-refractivity contribution < 1.29 is 9.13 Å². The highest BCUT2D eigenvalue weighted by Crippen LogP contribution is 2.28. The van der Waals surface area contributed by atoms with Gasteiger partial charge in [-0.2, -0.15) is 0 Å². The molecule has 0 bridgehead atoms. The van der Waals surface area contributed by atoms with Crippen LogP contribution in [0.25, 0.3) is 0 Å². The summed E-state index contributed by atoms with van der Waals surface area (Å²) in [5.41, 5.74) is 9.22.